The lowest BCUT2D eigenvalue weighted by Crippen LogP contribution is -2.30. The molecule has 0 radical (unpaired) electrons. The SMILES string of the molecule is CSC(SC)=C1CCCCC1(C)O. The van der Waals surface area contributed by atoms with Gasteiger partial charge >= 0.3 is 0 Å². The van der Waals surface area contributed by atoms with Crippen LogP contribution >= 0.6 is 23.5 Å². The minimum Gasteiger partial charge on any atom is -0.386 e. The first-order valence-corrected chi connectivity index (χ1v) is 7.10. The fraction of sp³-hybridized carbons (Fsp3) is 0.800. The zero-order chi connectivity index (χ0) is 9.90. The van der Waals surface area contributed by atoms with Crippen LogP contribution in [0.3, 0.4) is 0 Å². The molecular weight excluding hydrogens is 200 g/mol. The van der Waals surface area contributed by atoms with E-state index in [2.05, 4.69) is 12.5 Å². The molecule has 0 aliphatic heterocycles. The Morgan fingerprint density at radius 3 is 2.38 bits per heavy atom. The van der Waals surface area contributed by atoms with Crippen LogP contribution in [0, 0.1) is 0 Å². The summed E-state index contributed by atoms with van der Waals surface area (Å²) in [6.07, 6.45) is 8.56. The van der Waals surface area contributed by atoms with E-state index in [1.165, 1.54) is 16.2 Å². The second-order valence-corrected chi connectivity index (χ2v) is 5.55. The molecule has 1 aliphatic rings. The minimum absolute atomic E-state index is 0.542. The van der Waals surface area contributed by atoms with Crippen molar-refractivity contribution in [2.75, 3.05) is 12.5 Å². The van der Waals surface area contributed by atoms with Gasteiger partial charge in [-0.1, -0.05) is 0 Å². The van der Waals surface area contributed by atoms with Crippen molar-refractivity contribution < 1.29 is 5.11 Å². The minimum atomic E-state index is -0.542. The summed E-state index contributed by atoms with van der Waals surface area (Å²) < 4.78 is 1.31. The third-order valence-electron chi connectivity index (χ3n) is 2.61. The number of thioether (sulfide) groups is 2. The van der Waals surface area contributed by atoms with Crippen LogP contribution in [0.25, 0.3) is 0 Å². The van der Waals surface area contributed by atoms with E-state index in [4.69, 9.17) is 0 Å². The highest BCUT2D eigenvalue weighted by atomic mass is 32.2. The maximum absolute atomic E-state index is 10.2. The van der Waals surface area contributed by atoms with E-state index in [0.29, 0.717) is 0 Å². The smallest absolute Gasteiger partial charge is 0.0847 e. The highest BCUT2D eigenvalue weighted by Crippen LogP contribution is 2.40. The van der Waals surface area contributed by atoms with E-state index in [1.54, 1.807) is 23.5 Å². The van der Waals surface area contributed by atoms with Gasteiger partial charge in [-0.05, 0) is 50.7 Å². The molecule has 76 valence electrons. The van der Waals surface area contributed by atoms with Crippen molar-refractivity contribution in [3.05, 3.63) is 9.81 Å². The largest absolute Gasteiger partial charge is 0.386 e. The molecule has 1 saturated carbocycles. The van der Waals surface area contributed by atoms with Crippen molar-refractivity contribution >= 4 is 23.5 Å². The predicted octanol–water partition coefficient (Wildman–Crippen LogP) is 3.25. The molecule has 1 unspecified atom stereocenters. The molecule has 1 fully saturated rings. The van der Waals surface area contributed by atoms with Gasteiger partial charge in [0.2, 0.25) is 0 Å². The van der Waals surface area contributed by atoms with E-state index in [1.807, 2.05) is 6.92 Å². The van der Waals surface area contributed by atoms with Crippen molar-refractivity contribution in [2.24, 2.45) is 0 Å². The lowest BCUT2D eigenvalue weighted by Gasteiger charge is -2.32. The molecule has 13 heavy (non-hydrogen) atoms. The first-order valence-electron chi connectivity index (χ1n) is 4.66. The summed E-state index contributed by atoms with van der Waals surface area (Å²) in [6, 6.07) is 0. The molecule has 1 rings (SSSR count). The number of hydrogen-bond acceptors (Lipinski definition) is 3. The second kappa shape index (κ2) is 4.76. The summed E-state index contributed by atoms with van der Waals surface area (Å²) in [4.78, 5) is 0. The van der Waals surface area contributed by atoms with E-state index in [-0.39, 0.29) is 0 Å². The van der Waals surface area contributed by atoms with Gasteiger partial charge in [0.15, 0.2) is 0 Å². The Morgan fingerprint density at radius 1 is 1.31 bits per heavy atom. The first-order chi connectivity index (χ1) is 6.11. The van der Waals surface area contributed by atoms with Crippen LogP contribution in [0.15, 0.2) is 9.81 Å². The van der Waals surface area contributed by atoms with E-state index < -0.39 is 5.60 Å². The summed E-state index contributed by atoms with van der Waals surface area (Å²) in [7, 11) is 0. The third-order valence-corrected chi connectivity index (χ3v) is 4.84. The van der Waals surface area contributed by atoms with Crippen LogP contribution in [0.2, 0.25) is 0 Å². The van der Waals surface area contributed by atoms with E-state index in [0.717, 1.165) is 19.3 Å². The summed E-state index contributed by atoms with van der Waals surface area (Å²) in [5.74, 6) is 0. The van der Waals surface area contributed by atoms with Crippen molar-refractivity contribution in [2.45, 2.75) is 38.2 Å². The highest BCUT2D eigenvalue weighted by molar-refractivity contribution is 8.21. The van der Waals surface area contributed by atoms with Gasteiger partial charge in [0.1, 0.15) is 0 Å². The van der Waals surface area contributed by atoms with Crippen molar-refractivity contribution in [1.82, 2.24) is 0 Å². The Bertz CT molecular complexity index is 203. The molecule has 0 bridgehead atoms. The number of hydrogen-bond donors (Lipinski definition) is 1. The van der Waals surface area contributed by atoms with Crippen LogP contribution in [0.1, 0.15) is 32.6 Å². The maximum atomic E-state index is 10.2. The van der Waals surface area contributed by atoms with Crippen LogP contribution in [-0.4, -0.2) is 23.2 Å². The standard InChI is InChI=1S/C10H18OS2/c1-10(11)7-5-4-6-8(10)9(12-2)13-3/h11H,4-7H2,1-3H3. The second-order valence-electron chi connectivity index (χ2n) is 3.66. The Kier molecular flexibility index (Phi) is 4.20. The van der Waals surface area contributed by atoms with Crippen LogP contribution in [0.4, 0.5) is 0 Å². The van der Waals surface area contributed by atoms with Gasteiger partial charge in [0, 0.05) is 4.24 Å². The van der Waals surface area contributed by atoms with Crippen molar-refractivity contribution in [3.63, 3.8) is 0 Å². The van der Waals surface area contributed by atoms with E-state index in [9.17, 15) is 5.11 Å². The summed E-state index contributed by atoms with van der Waals surface area (Å²) in [6.45, 7) is 1.95. The van der Waals surface area contributed by atoms with Gasteiger partial charge in [-0.25, -0.2) is 0 Å². The van der Waals surface area contributed by atoms with Gasteiger partial charge in [-0.15, -0.1) is 23.5 Å². The number of aliphatic hydroxyl groups is 1. The Hall–Kier alpha value is 0.400. The molecule has 0 saturated heterocycles. The molecule has 3 heteroatoms. The van der Waals surface area contributed by atoms with Gasteiger partial charge in [0.25, 0.3) is 0 Å². The molecular formula is C10H18OS2. The average molecular weight is 218 g/mol. The summed E-state index contributed by atoms with van der Waals surface area (Å²) in [5.41, 5.74) is 0.721. The monoisotopic (exact) mass is 218 g/mol. The summed E-state index contributed by atoms with van der Waals surface area (Å²) >= 11 is 3.52. The molecule has 0 aromatic heterocycles. The normalized spacial score (nSPS) is 29.1. The van der Waals surface area contributed by atoms with Crippen LogP contribution < -0.4 is 0 Å². The zero-order valence-electron chi connectivity index (χ0n) is 8.59. The topological polar surface area (TPSA) is 20.2 Å². The Balaban J connectivity index is 2.91. The molecule has 0 heterocycles. The van der Waals surface area contributed by atoms with Crippen LogP contribution in [0.5, 0.6) is 0 Å². The summed E-state index contributed by atoms with van der Waals surface area (Å²) in [5, 5.41) is 10.2. The molecule has 1 nitrogen and oxygen atoms in total. The molecule has 0 spiro atoms. The molecule has 1 aliphatic carbocycles. The van der Waals surface area contributed by atoms with Gasteiger partial charge in [-0.2, -0.15) is 0 Å². The Morgan fingerprint density at radius 2 is 1.92 bits per heavy atom. The first kappa shape index (κ1) is 11.5. The molecule has 0 aromatic rings. The molecule has 1 N–H and O–H groups in total. The lowest BCUT2D eigenvalue weighted by molar-refractivity contribution is 0.0709. The van der Waals surface area contributed by atoms with Crippen molar-refractivity contribution in [3.8, 4) is 0 Å². The molecule has 0 amide bonds. The van der Waals surface area contributed by atoms with E-state index >= 15 is 0 Å². The maximum Gasteiger partial charge on any atom is 0.0847 e. The zero-order valence-corrected chi connectivity index (χ0v) is 10.2. The quantitative estimate of drug-likeness (QED) is 0.768. The average Bonchev–Trinajstić information content (AvgIpc) is 2.09. The highest BCUT2D eigenvalue weighted by Gasteiger charge is 2.30. The predicted molar refractivity (Wildman–Crippen MR) is 63.1 cm³/mol. The van der Waals surface area contributed by atoms with Crippen molar-refractivity contribution in [1.29, 1.82) is 0 Å². The lowest BCUT2D eigenvalue weighted by atomic mass is 9.82. The fourth-order valence-corrected chi connectivity index (χ4v) is 3.65. The van der Waals surface area contributed by atoms with Gasteiger partial charge in [0.05, 0.1) is 5.60 Å². The van der Waals surface area contributed by atoms with Gasteiger partial charge in [-0.3, -0.25) is 0 Å². The molecule has 0 aromatic carbocycles. The number of rotatable bonds is 2. The third kappa shape index (κ3) is 2.67. The van der Waals surface area contributed by atoms with Crippen LogP contribution in [-0.2, 0) is 0 Å². The Labute approximate surface area is 89.4 Å². The van der Waals surface area contributed by atoms with Gasteiger partial charge < -0.3 is 5.11 Å². The fourth-order valence-electron chi connectivity index (χ4n) is 1.84. The molecule has 1 atom stereocenters.